The van der Waals surface area contributed by atoms with Crippen LogP contribution in [0.4, 0.5) is 5.82 Å². The second-order valence-electron chi connectivity index (χ2n) is 6.81. The first-order valence-corrected chi connectivity index (χ1v) is 8.89. The molecule has 0 aromatic carbocycles. The number of amides is 2. The van der Waals surface area contributed by atoms with Crippen molar-refractivity contribution in [1.29, 1.82) is 0 Å². The van der Waals surface area contributed by atoms with E-state index in [4.69, 9.17) is 10.5 Å². The van der Waals surface area contributed by atoms with Crippen LogP contribution in [0.3, 0.4) is 0 Å². The highest BCUT2D eigenvalue weighted by molar-refractivity contribution is 5.94. The molecule has 2 fully saturated rings. The number of fused-ring (bicyclic) bond motifs is 1. The van der Waals surface area contributed by atoms with Crippen molar-refractivity contribution in [2.24, 2.45) is 5.92 Å². The Labute approximate surface area is 148 Å². The average molecular weight is 346 g/mol. The van der Waals surface area contributed by atoms with Crippen LogP contribution < -0.4 is 5.73 Å². The Balaban J connectivity index is 1.65. The molecule has 2 saturated heterocycles. The lowest BCUT2D eigenvalue weighted by Crippen LogP contribution is -2.57. The maximum Gasteiger partial charge on any atom is 0.254 e. The number of piperidine rings is 2. The lowest BCUT2D eigenvalue weighted by Gasteiger charge is -2.47. The zero-order valence-electron chi connectivity index (χ0n) is 14.7. The van der Waals surface area contributed by atoms with Crippen molar-refractivity contribution in [3.63, 3.8) is 0 Å². The van der Waals surface area contributed by atoms with E-state index >= 15 is 0 Å². The quantitative estimate of drug-likeness (QED) is 0.808. The number of nitrogens with zero attached hydrogens (tertiary/aromatic N) is 3. The molecule has 3 rings (SSSR count). The molecule has 7 heteroatoms. The summed E-state index contributed by atoms with van der Waals surface area (Å²) in [7, 11) is 1.68. The minimum Gasteiger partial charge on any atom is -0.385 e. The average Bonchev–Trinajstić information content (AvgIpc) is 2.62. The van der Waals surface area contributed by atoms with Gasteiger partial charge in [-0.2, -0.15) is 0 Å². The summed E-state index contributed by atoms with van der Waals surface area (Å²) in [6.07, 6.45) is 4.66. The summed E-state index contributed by atoms with van der Waals surface area (Å²) in [4.78, 5) is 32.9. The first-order chi connectivity index (χ1) is 12.1. The van der Waals surface area contributed by atoms with E-state index in [1.54, 1.807) is 25.4 Å². The highest BCUT2D eigenvalue weighted by atomic mass is 16.5. The van der Waals surface area contributed by atoms with Crippen molar-refractivity contribution in [3.8, 4) is 0 Å². The molecule has 0 bridgehead atoms. The highest BCUT2D eigenvalue weighted by Gasteiger charge is 2.40. The van der Waals surface area contributed by atoms with Crippen molar-refractivity contribution in [2.45, 2.75) is 31.7 Å². The van der Waals surface area contributed by atoms with Crippen molar-refractivity contribution < 1.29 is 14.3 Å². The van der Waals surface area contributed by atoms with Gasteiger partial charge >= 0.3 is 0 Å². The van der Waals surface area contributed by atoms with E-state index in [1.165, 1.54) is 0 Å². The molecule has 0 aliphatic carbocycles. The predicted molar refractivity (Wildman–Crippen MR) is 93.9 cm³/mol. The Morgan fingerprint density at radius 3 is 3.04 bits per heavy atom. The van der Waals surface area contributed by atoms with Gasteiger partial charge in [0.05, 0.1) is 0 Å². The van der Waals surface area contributed by atoms with Crippen LogP contribution in [0.5, 0.6) is 0 Å². The second kappa shape index (κ2) is 7.82. The van der Waals surface area contributed by atoms with Gasteiger partial charge in [-0.3, -0.25) is 9.59 Å². The van der Waals surface area contributed by atoms with Crippen LogP contribution in [-0.2, 0) is 9.53 Å². The van der Waals surface area contributed by atoms with Crippen molar-refractivity contribution in [3.05, 3.63) is 23.9 Å². The van der Waals surface area contributed by atoms with E-state index in [2.05, 4.69) is 4.98 Å². The molecule has 2 atom stereocenters. The van der Waals surface area contributed by atoms with Crippen LogP contribution in [0.2, 0.25) is 0 Å². The number of nitrogen functional groups attached to an aromatic ring is 1. The summed E-state index contributed by atoms with van der Waals surface area (Å²) in [5.41, 5.74) is 6.27. The molecule has 3 heterocycles. The molecular formula is C18H26N4O3. The summed E-state index contributed by atoms with van der Waals surface area (Å²) < 4.78 is 5.11. The monoisotopic (exact) mass is 346 g/mol. The summed E-state index contributed by atoms with van der Waals surface area (Å²) >= 11 is 0. The molecule has 0 saturated carbocycles. The number of methoxy groups -OCH3 is 1. The zero-order chi connectivity index (χ0) is 17.8. The standard InChI is InChI=1S/C18H26N4O3/c1-25-10-2-8-22-15-6-9-21(12-14(15)3-4-17(22)23)18(24)13-5-7-20-16(19)11-13/h5,7,11,14-15H,2-4,6,8-10,12H2,1H3,(H2,19,20)/t14-,15+/m0/s1. The Hall–Kier alpha value is -2.15. The summed E-state index contributed by atoms with van der Waals surface area (Å²) in [5, 5.41) is 0. The number of carbonyl (C=O) groups excluding carboxylic acids is 2. The van der Waals surface area contributed by atoms with Gasteiger partial charge in [0.25, 0.3) is 5.91 Å². The molecule has 2 amide bonds. The number of rotatable bonds is 5. The van der Waals surface area contributed by atoms with Gasteiger partial charge in [0, 0.05) is 57.6 Å². The molecule has 2 N–H and O–H groups in total. The van der Waals surface area contributed by atoms with E-state index in [0.29, 0.717) is 43.4 Å². The fraction of sp³-hybridized carbons (Fsp3) is 0.611. The molecular weight excluding hydrogens is 320 g/mol. The molecule has 0 spiro atoms. The van der Waals surface area contributed by atoms with Gasteiger partial charge in [-0.1, -0.05) is 0 Å². The van der Waals surface area contributed by atoms with Crippen molar-refractivity contribution >= 4 is 17.6 Å². The van der Waals surface area contributed by atoms with Gasteiger partial charge in [-0.15, -0.1) is 0 Å². The zero-order valence-corrected chi connectivity index (χ0v) is 14.7. The van der Waals surface area contributed by atoms with Crippen LogP contribution in [0.1, 0.15) is 36.0 Å². The van der Waals surface area contributed by atoms with E-state index in [0.717, 1.165) is 25.8 Å². The highest BCUT2D eigenvalue weighted by Crippen LogP contribution is 2.32. The number of pyridine rings is 1. The molecule has 25 heavy (non-hydrogen) atoms. The van der Waals surface area contributed by atoms with Gasteiger partial charge in [-0.05, 0) is 37.3 Å². The largest absolute Gasteiger partial charge is 0.385 e. The maximum absolute atomic E-state index is 12.7. The predicted octanol–water partition coefficient (Wildman–Crippen LogP) is 1.15. The van der Waals surface area contributed by atoms with Gasteiger partial charge < -0.3 is 20.3 Å². The molecule has 2 aliphatic rings. The maximum atomic E-state index is 12.7. The van der Waals surface area contributed by atoms with Crippen molar-refractivity contribution in [2.75, 3.05) is 39.1 Å². The van der Waals surface area contributed by atoms with E-state index < -0.39 is 0 Å². The van der Waals surface area contributed by atoms with Crippen LogP contribution in [-0.4, -0.2) is 66.0 Å². The lowest BCUT2D eigenvalue weighted by atomic mass is 9.83. The van der Waals surface area contributed by atoms with E-state index in [9.17, 15) is 9.59 Å². The number of aromatic nitrogens is 1. The third-order valence-electron chi connectivity index (χ3n) is 5.21. The number of hydrogen-bond acceptors (Lipinski definition) is 5. The SMILES string of the molecule is COCCCN1C(=O)CC[C@H]2CN(C(=O)c3ccnc(N)c3)CC[C@H]21. The Morgan fingerprint density at radius 2 is 2.28 bits per heavy atom. The van der Waals surface area contributed by atoms with Crippen LogP contribution in [0.25, 0.3) is 0 Å². The fourth-order valence-corrected chi connectivity index (χ4v) is 3.97. The molecule has 0 radical (unpaired) electrons. The van der Waals surface area contributed by atoms with Gasteiger partial charge in [0.15, 0.2) is 0 Å². The normalized spacial score (nSPS) is 23.5. The lowest BCUT2D eigenvalue weighted by molar-refractivity contribution is -0.140. The van der Waals surface area contributed by atoms with Crippen molar-refractivity contribution in [1.82, 2.24) is 14.8 Å². The number of ether oxygens (including phenoxy) is 1. The van der Waals surface area contributed by atoms with E-state index in [1.807, 2.05) is 9.80 Å². The first-order valence-electron chi connectivity index (χ1n) is 8.89. The molecule has 0 unspecified atom stereocenters. The Bertz CT molecular complexity index is 637. The third kappa shape index (κ3) is 3.92. The van der Waals surface area contributed by atoms with Gasteiger partial charge in [0.2, 0.25) is 5.91 Å². The number of nitrogens with two attached hydrogens (primary N) is 1. The minimum atomic E-state index is -0.00428. The molecule has 1 aromatic heterocycles. The molecule has 136 valence electrons. The fourth-order valence-electron chi connectivity index (χ4n) is 3.97. The third-order valence-corrected chi connectivity index (χ3v) is 5.21. The summed E-state index contributed by atoms with van der Waals surface area (Å²) in [6.45, 7) is 2.76. The second-order valence-corrected chi connectivity index (χ2v) is 6.81. The topological polar surface area (TPSA) is 88.8 Å². The van der Waals surface area contributed by atoms with Crippen LogP contribution >= 0.6 is 0 Å². The minimum absolute atomic E-state index is 0.00428. The smallest absolute Gasteiger partial charge is 0.254 e. The molecule has 2 aliphatic heterocycles. The van der Waals surface area contributed by atoms with Crippen LogP contribution in [0, 0.1) is 5.92 Å². The Kier molecular flexibility index (Phi) is 5.53. The molecule has 1 aromatic rings. The Morgan fingerprint density at radius 1 is 1.44 bits per heavy atom. The number of carbonyl (C=O) groups is 2. The van der Waals surface area contributed by atoms with Crippen LogP contribution in [0.15, 0.2) is 18.3 Å². The summed E-state index contributed by atoms with van der Waals surface area (Å²) in [6, 6.07) is 3.56. The summed E-state index contributed by atoms with van der Waals surface area (Å²) in [5.74, 6) is 0.930. The first kappa shape index (κ1) is 17.7. The number of likely N-dealkylation sites (tertiary alicyclic amines) is 2. The number of hydrogen-bond donors (Lipinski definition) is 1. The van der Waals surface area contributed by atoms with E-state index in [-0.39, 0.29) is 17.9 Å². The van der Waals surface area contributed by atoms with Gasteiger partial charge in [0.1, 0.15) is 5.82 Å². The van der Waals surface area contributed by atoms with Gasteiger partial charge in [-0.25, -0.2) is 4.98 Å². The number of anilines is 1. The molecule has 7 nitrogen and oxygen atoms in total.